The van der Waals surface area contributed by atoms with Gasteiger partial charge in [-0.05, 0) is 12.1 Å². The largest absolute Gasteiger partial charge is 0.289 e. The molecule has 0 saturated carbocycles. The minimum atomic E-state index is 0.0787. The van der Waals surface area contributed by atoms with Gasteiger partial charge in [-0.3, -0.25) is 5.41 Å². The monoisotopic (exact) mass is 99.0 g/mol. The molecule has 0 aliphatic heterocycles. The van der Waals surface area contributed by atoms with E-state index in [-0.39, 0.29) is 5.84 Å². The van der Waals surface area contributed by atoms with Crippen LogP contribution < -0.4 is 0 Å². The Morgan fingerprint density at radius 1 is 1.86 bits per heavy atom. The molecular formula is C3H5N3O. The van der Waals surface area contributed by atoms with E-state index in [0.29, 0.717) is 0 Å². The van der Waals surface area contributed by atoms with E-state index in [2.05, 4.69) is 10.2 Å². The van der Waals surface area contributed by atoms with Crippen LogP contribution in [0.5, 0.6) is 0 Å². The number of nitrogens with zero attached hydrogens (tertiary/aromatic N) is 2. The number of hydrogen-bond acceptors (Lipinski definition) is 2. The number of amidine groups is 1. The van der Waals surface area contributed by atoms with Crippen molar-refractivity contribution >= 4 is 12.2 Å². The second kappa shape index (κ2) is 3.14. The topological polar surface area (TPSA) is 65.6 Å². The van der Waals surface area contributed by atoms with Gasteiger partial charge in [-0.25, -0.2) is 4.99 Å². The molecule has 0 rings (SSSR count). The first kappa shape index (κ1) is 5.94. The van der Waals surface area contributed by atoms with Crippen molar-refractivity contribution in [3.05, 3.63) is 4.91 Å². The first-order chi connectivity index (χ1) is 3.31. The number of hydrogen-bond donors (Lipinski definition) is 1. The molecule has 0 unspecified atom stereocenters. The van der Waals surface area contributed by atoms with Gasteiger partial charge in [-0.15, -0.1) is 4.91 Å². The summed E-state index contributed by atoms with van der Waals surface area (Å²) in [7, 11) is 0. The second-order valence-electron chi connectivity index (χ2n) is 0.897. The summed E-state index contributed by atoms with van der Waals surface area (Å²) >= 11 is 0. The van der Waals surface area contributed by atoms with Crippen molar-refractivity contribution in [2.45, 2.75) is 6.92 Å². The van der Waals surface area contributed by atoms with Crippen LogP contribution in [0, 0.1) is 10.3 Å². The summed E-state index contributed by atoms with van der Waals surface area (Å²) in [6.07, 6.45) is 0.775. The summed E-state index contributed by atoms with van der Waals surface area (Å²) in [6, 6.07) is 0. The zero-order chi connectivity index (χ0) is 5.70. The number of nitroso groups, excluding NO2 is 1. The van der Waals surface area contributed by atoms with Crippen LogP contribution in [0.4, 0.5) is 0 Å². The Morgan fingerprint density at radius 2 is 2.43 bits per heavy atom. The standard InChI is InChI=1S/C3H5N3O/c1-3(6-7)5-2-4/h2,4H,1H3/b4-2?,5-3-. The summed E-state index contributed by atoms with van der Waals surface area (Å²) < 4.78 is 0. The maximum atomic E-state index is 9.41. The molecule has 4 heteroatoms. The van der Waals surface area contributed by atoms with Gasteiger partial charge in [0.05, 0.1) is 0 Å². The van der Waals surface area contributed by atoms with Crippen LogP contribution in [-0.4, -0.2) is 12.2 Å². The van der Waals surface area contributed by atoms with Crippen molar-refractivity contribution in [2.75, 3.05) is 0 Å². The zero-order valence-electron chi connectivity index (χ0n) is 3.88. The Bertz CT molecular complexity index is 107. The molecule has 0 radical (unpaired) electrons. The van der Waals surface area contributed by atoms with E-state index in [1.165, 1.54) is 6.92 Å². The summed E-state index contributed by atoms with van der Waals surface area (Å²) in [5, 5.41) is 8.75. The molecule has 0 aromatic rings. The van der Waals surface area contributed by atoms with E-state index < -0.39 is 0 Å². The Balaban J connectivity index is 3.72. The van der Waals surface area contributed by atoms with E-state index >= 15 is 0 Å². The Hall–Kier alpha value is -1.06. The normalized spacial score (nSPS) is 10.7. The predicted molar refractivity (Wildman–Crippen MR) is 27.7 cm³/mol. The van der Waals surface area contributed by atoms with Crippen LogP contribution in [0.15, 0.2) is 10.2 Å². The molecule has 0 aliphatic rings. The molecule has 0 heterocycles. The molecule has 1 N–H and O–H groups in total. The second-order valence-corrected chi connectivity index (χ2v) is 0.897. The highest BCUT2D eigenvalue weighted by Crippen LogP contribution is 1.71. The van der Waals surface area contributed by atoms with Gasteiger partial charge in [-0.1, -0.05) is 0 Å². The molecule has 0 bridgehead atoms. The molecule has 0 amide bonds. The third-order valence-electron chi connectivity index (χ3n) is 0.383. The summed E-state index contributed by atoms with van der Waals surface area (Å²) in [4.78, 5) is 12.6. The van der Waals surface area contributed by atoms with Gasteiger partial charge < -0.3 is 0 Å². The first-order valence-electron chi connectivity index (χ1n) is 1.68. The smallest absolute Gasteiger partial charge is 0.171 e. The third kappa shape index (κ3) is 2.75. The number of nitrogens with one attached hydrogen (secondary N) is 1. The van der Waals surface area contributed by atoms with Gasteiger partial charge in [-0.2, -0.15) is 0 Å². The summed E-state index contributed by atoms with van der Waals surface area (Å²) in [5.41, 5.74) is 0. The van der Waals surface area contributed by atoms with Crippen molar-refractivity contribution < 1.29 is 0 Å². The van der Waals surface area contributed by atoms with Gasteiger partial charge in [0.2, 0.25) is 0 Å². The van der Waals surface area contributed by atoms with Crippen molar-refractivity contribution in [2.24, 2.45) is 10.2 Å². The molecular weight excluding hydrogens is 94.1 g/mol. The average Bonchev–Trinajstić information content (AvgIpc) is 1.68. The molecule has 0 atom stereocenters. The molecule has 0 saturated heterocycles. The zero-order valence-corrected chi connectivity index (χ0v) is 3.88. The predicted octanol–water partition coefficient (Wildman–Crippen LogP) is 0.778. The van der Waals surface area contributed by atoms with Crippen molar-refractivity contribution in [3.63, 3.8) is 0 Å². The fourth-order valence-electron chi connectivity index (χ4n) is 0.117. The Labute approximate surface area is 40.7 Å². The van der Waals surface area contributed by atoms with Crippen LogP contribution in [-0.2, 0) is 0 Å². The molecule has 0 aromatic heterocycles. The van der Waals surface area contributed by atoms with Crippen molar-refractivity contribution in [1.29, 1.82) is 5.41 Å². The van der Waals surface area contributed by atoms with Crippen LogP contribution in [0.2, 0.25) is 0 Å². The van der Waals surface area contributed by atoms with E-state index in [1.54, 1.807) is 0 Å². The van der Waals surface area contributed by atoms with Gasteiger partial charge in [0.15, 0.2) is 5.84 Å². The summed E-state index contributed by atoms with van der Waals surface area (Å²) in [6.45, 7) is 1.43. The molecule has 7 heavy (non-hydrogen) atoms. The Kier molecular flexibility index (Phi) is 2.67. The van der Waals surface area contributed by atoms with Crippen LogP contribution in [0.25, 0.3) is 0 Å². The minimum absolute atomic E-state index is 0.0787. The molecule has 0 aliphatic carbocycles. The van der Waals surface area contributed by atoms with Crippen LogP contribution in [0.3, 0.4) is 0 Å². The van der Waals surface area contributed by atoms with Gasteiger partial charge in [0, 0.05) is 0 Å². The molecule has 0 aromatic carbocycles. The fraction of sp³-hybridized carbons (Fsp3) is 0.333. The molecule has 0 spiro atoms. The van der Waals surface area contributed by atoms with E-state index in [4.69, 9.17) is 5.41 Å². The lowest BCUT2D eigenvalue weighted by Gasteiger charge is -1.72. The van der Waals surface area contributed by atoms with Crippen LogP contribution in [0.1, 0.15) is 6.92 Å². The van der Waals surface area contributed by atoms with Gasteiger partial charge in [0.1, 0.15) is 6.34 Å². The minimum Gasteiger partial charge on any atom is -0.289 e. The quantitative estimate of drug-likeness (QED) is 0.294. The van der Waals surface area contributed by atoms with Gasteiger partial charge >= 0.3 is 0 Å². The average molecular weight is 99.1 g/mol. The van der Waals surface area contributed by atoms with Crippen LogP contribution >= 0.6 is 0 Å². The highest BCUT2D eigenvalue weighted by molar-refractivity contribution is 5.86. The Morgan fingerprint density at radius 3 is 2.57 bits per heavy atom. The first-order valence-corrected chi connectivity index (χ1v) is 1.68. The lowest BCUT2D eigenvalue weighted by molar-refractivity contribution is 1.46. The summed E-state index contributed by atoms with van der Waals surface area (Å²) in [5.74, 6) is 0.0787. The molecule has 0 fully saturated rings. The van der Waals surface area contributed by atoms with Crippen molar-refractivity contribution in [1.82, 2.24) is 0 Å². The van der Waals surface area contributed by atoms with E-state index in [0.717, 1.165) is 6.34 Å². The third-order valence-corrected chi connectivity index (χ3v) is 0.383. The molecule has 38 valence electrons. The number of aliphatic imine (C=N–C) groups is 1. The van der Waals surface area contributed by atoms with E-state index in [1.807, 2.05) is 0 Å². The highest BCUT2D eigenvalue weighted by atomic mass is 16.3. The SMILES string of the molecule is C/C(N=O)=N/C=N. The highest BCUT2D eigenvalue weighted by Gasteiger charge is 1.78. The maximum absolute atomic E-state index is 9.41. The maximum Gasteiger partial charge on any atom is 0.171 e. The van der Waals surface area contributed by atoms with Gasteiger partial charge in [0.25, 0.3) is 0 Å². The lowest BCUT2D eigenvalue weighted by Crippen LogP contribution is -1.80. The number of rotatable bonds is 1. The lowest BCUT2D eigenvalue weighted by atomic mass is 10.7. The fourth-order valence-corrected chi connectivity index (χ4v) is 0.117. The molecule has 4 nitrogen and oxygen atoms in total. The van der Waals surface area contributed by atoms with Crippen molar-refractivity contribution in [3.8, 4) is 0 Å². The van der Waals surface area contributed by atoms with E-state index in [9.17, 15) is 4.91 Å².